The molecular weight excluding hydrogens is 306 g/mol. The van der Waals surface area contributed by atoms with Gasteiger partial charge in [-0.3, -0.25) is 4.90 Å². The van der Waals surface area contributed by atoms with Crippen molar-refractivity contribution < 1.29 is 13.9 Å². The zero-order valence-electron chi connectivity index (χ0n) is 14.3. The van der Waals surface area contributed by atoms with Gasteiger partial charge >= 0.3 is 6.09 Å². The second-order valence-electron chi connectivity index (χ2n) is 6.28. The summed E-state index contributed by atoms with van der Waals surface area (Å²) in [5.41, 5.74) is 2.92. The van der Waals surface area contributed by atoms with E-state index in [-0.39, 0.29) is 12.1 Å². The van der Waals surface area contributed by atoms with Crippen LogP contribution in [0.25, 0.3) is 0 Å². The van der Waals surface area contributed by atoms with Gasteiger partial charge in [-0.2, -0.15) is 0 Å². The molecule has 1 aromatic heterocycles. The fraction of sp³-hybridized carbons (Fsp3) is 0.444. The second-order valence-corrected chi connectivity index (χ2v) is 6.28. The Labute approximate surface area is 141 Å². The Kier molecular flexibility index (Phi) is 4.85. The van der Waals surface area contributed by atoms with E-state index in [2.05, 4.69) is 37.1 Å². The first-order valence-electron chi connectivity index (χ1n) is 8.26. The van der Waals surface area contributed by atoms with Gasteiger partial charge < -0.3 is 14.5 Å². The summed E-state index contributed by atoms with van der Waals surface area (Å²) in [7, 11) is 0. The molecule has 0 radical (unpaired) electrons. The molecule has 6 nitrogen and oxygen atoms in total. The number of carbonyl (C=O) groups excluding carboxylic acids is 1. The maximum atomic E-state index is 11.7. The summed E-state index contributed by atoms with van der Waals surface area (Å²) in [6.45, 7) is 7.96. The summed E-state index contributed by atoms with van der Waals surface area (Å²) in [6, 6.07) is 8.09. The van der Waals surface area contributed by atoms with Gasteiger partial charge in [-0.1, -0.05) is 26.0 Å². The average molecular weight is 329 g/mol. The van der Waals surface area contributed by atoms with Gasteiger partial charge in [0.2, 0.25) is 0 Å². The predicted octanol–water partition coefficient (Wildman–Crippen LogP) is 3.61. The van der Waals surface area contributed by atoms with E-state index in [9.17, 15) is 4.79 Å². The van der Waals surface area contributed by atoms with Gasteiger partial charge in [0.25, 0.3) is 0 Å². The lowest BCUT2D eigenvalue weighted by Gasteiger charge is -2.18. The zero-order valence-corrected chi connectivity index (χ0v) is 14.3. The fourth-order valence-corrected chi connectivity index (χ4v) is 2.84. The fourth-order valence-electron chi connectivity index (χ4n) is 2.84. The number of nitrogens with one attached hydrogen (secondary N) is 1. The van der Waals surface area contributed by atoms with Crippen LogP contribution in [0.15, 0.2) is 35.1 Å². The first-order valence-corrected chi connectivity index (χ1v) is 8.26. The first-order chi connectivity index (χ1) is 11.6. The SMILES string of the molecule is CC(C)c1ocnc1CNC(C)c1cccc(N2CCOC2=O)c1. The van der Waals surface area contributed by atoms with Gasteiger partial charge in [-0.05, 0) is 24.6 Å². The number of hydrogen-bond donors (Lipinski definition) is 1. The van der Waals surface area contributed by atoms with Crippen molar-refractivity contribution >= 4 is 11.8 Å². The smallest absolute Gasteiger partial charge is 0.414 e. The van der Waals surface area contributed by atoms with Crippen LogP contribution in [0.5, 0.6) is 0 Å². The van der Waals surface area contributed by atoms with Crippen LogP contribution >= 0.6 is 0 Å². The highest BCUT2D eigenvalue weighted by Gasteiger charge is 2.24. The van der Waals surface area contributed by atoms with E-state index in [4.69, 9.17) is 9.15 Å². The molecule has 2 aromatic rings. The lowest BCUT2D eigenvalue weighted by atomic mass is 10.1. The summed E-state index contributed by atoms with van der Waals surface area (Å²) in [5, 5.41) is 3.47. The number of anilines is 1. The molecule has 0 spiro atoms. The number of aromatic nitrogens is 1. The molecule has 1 saturated heterocycles. The van der Waals surface area contributed by atoms with Gasteiger partial charge in [-0.15, -0.1) is 0 Å². The number of hydrogen-bond acceptors (Lipinski definition) is 5. The highest BCUT2D eigenvalue weighted by atomic mass is 16.6. The average Bonchev–Trinajstić information content (AvgIpc) is 3.21. The molecule has 1 N–H and O–H groups in total. The minimum absolute atomic E-state index is 0.125. The van der Waals surface area contributed by atoms with Crippen LogP contribution in [-0.2, 0) is 11.3 Å². The molecule has 1 aliphatic rings. The number of benzene rings is 1. The molecule has 6 heteroatoms. The Balaban J connectivity index is 1.68. The largest absolute Gasteiger partial charge is 0.448 e. The van der Waals surface area contributed by atoms with Crippen molar-refractivity contribution in [2.75, 3.05) is 18.1 Å². The summed E-state index contributed by atoms with van der Waals surface area (Å²) in [6.07, 6.45) is 1.22. The molecule has 24 heavy (non-hydrogen) atoms. The summed E-state index contributed by atoms with van der Waals surface area (Å²) >= 11 is 0. The quantitative estimate of drug-likeness (QED) is 0.877. The lowest BCUT2D eigenvalue weighted by molar-refractivity contribution is 0.181. The molecule has 128 valence electrons. The molecule has 1 atom stereocenters. The van der Waals surface area contributed by atoms with E-state index >= 15 is 0 Å². The number of ether oxygens (including phenoxy) is 1. The van der Waals surface area contributed by atoms with Gasteiger partial charge in [0.05, 0.1) is 12.2 Å². The monoisotopic (exact) mass is 329 g/mol. The van der Waals surface area contributed by atoms with Crippen molar-refractivity contribution in [2.45, 2.75) is 39.3 Å². The third-order valence-electron chi connectivity index (χ3n) is 4.22. The first kappa shape index (κ1) is 16.5. The van der Waals surface area contributed by atoms with Gasteiger partial charge in [0.1, 0.15) is 12.4 Å². The predicted molar refractivity (Wildman–Crippen MR) is 91.0 cm³/mol. The Bertz CT molecular complexity index is 711. The van der Waals surface area contributed by atoms with Crippen molar-refractivity contribution in [3.05, 3.63) is 47.7 Å². The van der Waals surface area contributed by atoms with Crippen molar-refractivity contribution in [3.63, 3.8) is 0 Å². The topological polar surface area (TPSA) is 67.6 Å². The van der Waals surface area contributed by atoms with E-state index < -0.39 is 0 Å². The van der Waals surface area contributed by atoms with E-state index in [0.29, 0.717) is 25.6 Å². The van der Waals surface area contributed by atoms with E-state index in [0.717, 1.165) is 22.7 Å². The molecule has 0 saturated carbocycles. The third-order valence-corrected chi connectivity index (χ3v) is 4.22. The lowest BCUT2D eigenvalue weighted by Crippen LogP contribution is -2.24. The van der Waals surface area contributed by atoms with Gasteiger partial charge in [-0.25, -0.2) is 9.78 Å². The normalized spacial score (nSPS) is 15.8. The maximum Gasteiger partial charge on any atom is 0.414 e. The van der Waals surface area contributed by atoms with Crippen LogP contribution in [0.3, 0.4) is 0 Å². The molecule has 1 unspecified atom stereocenters. The van der Waals surface area contributed by atoms with Crippen LogP contribution < -0.4 is 10.2 Å². The van der Waals surface area contributed by atoms with Crippen LogP contribution in [0.2, 0.25) is 0 Å². The minimum Gasteiger partial charge on any atom is -0.448 e. The summed E-state index contributed by atoms with van der Waals surface area (Å²) < 4.78 is 10.5. The molecule has 2 heterocycles. The van der Waals surface area contributed by atoms with Crippen molar-refractivity contribution in [2.24, 2.45) is 0 Å². The molecule has 1 fully saturated rings. The van der Waals surface area contributed by atoms with E-state index in [1.807, 2.05) is 18.2 Å². The third kappa shape index (κ3) is 3.43. The number of oxazole rings is 1. The highest BCUT2D eigenvalue weighted by Crippen LogP contribution is 2.24. The van der Waals surface area contributed by atoms with Crippen LogP contribution in [0.4, 0.5) is 10.5 Å². The van der Waals surface area contributed by atoms with Crippen LogP contribution in [-0.4, -0.2) is 24.2 Å². The number of carbonyl (C=O) groups is 1. The number of rotatable bonds is 6. The van der Waals surface area contributed by atoms with Gasteiger partial charge in [0, 0.05) is 24.2 Å². The summed E-state index contributed by atoms with van der Waals surface area (Å²) in [5.74, 6) is 1.23. The molecule has 1 aliphatic heterocycles. The van der Waals surface area contributed by atoms with Crippen LogP contribution in [0.1, 0.15) is 49.7 Å². The standard InChI is InChI=1S/C18H23N3O3/c1-12(2)17-16(20-11-24-17)10-19-13(3)14-5-4-6-15(9-14)21-7-8-23-18(21)22/h4-6,9,11-13,19H,7-8,10H2,1-3H3. The Morgan fingerprint density at radius 3 is 2.88 bits per heavy atom. The number of amides is 1. The molecule has 3 rings (SSSR count). The minimum atomic E-state index is -0.281. The van der Waals surface area contributed by atoms with Crippen molar-refractivity contribution in [1.82, 2.24) is 10.3 Å². The maximum absolute atomic E-state index is 11.7. The zero-order chi connectivity index (χ0) is 17.1. The Hall–Kier alpha value is -2.34. The number of cyclic esters (lactones) is 1. The summed E-state index contributed by atoms with van der Waals surface area (Å²) in [4.78, 5) is 17.7. The van der Waals surface area contributed by atoms with Gasteiger partial charge in [0.15, 0.2) is 6.39 Å². The van der Waals surface area contributed by atoms with E-state index in [1.54, 1.807) is 4.90 Å². The van der Waals surface area contributed by atoms with Crippen molar-refractivity contribution in [1.29, 1.82) is 0 Å². The molecule has 1 aromatic carbocycles. The van der Waals surface area contributed by atoms with E-state index in [1.165, 1.54) is 6.39 Å². The second kappa shape index (κ2) is 7.05. The Morgan fingerprint density at radius 2 is 2.17 bits per heavy atom. The highest BCUT2D eigenvalue weighted by molar-refractivity contribution is 5.89. The molecule has 1 amide bonds. The van der Waals surface area contributed by atoms with Crippen molar-refractivity contribution in [3.8, 4) is 0 Å². The van der Waals surface area contributed by atoms with Crippen LogP contribution in [0, 0.1) is 0 Å². The molecular formula is C18H23N3O3. The molecule has 0 aliphatic carbocycles. The Morgan fingerprint density at radius 1 is 1.33 bits per heavy atom. The number of nitrogens with zero attached hydrogens (tertiary/aromatic N) is 2. The molecule has 0 bridgehead atoms.